The molecule has 1 atom stereocenters. The largest absolute Gasteiger partial charge is 0.327 e. The van der Waals surface area contributed by atoms with Gasteiger partial charge < -0.3 is 10.6 Å². The highest BCUT2D eigenvalue weighted by molar-refractivity contribution is 5.95. The molecular weight excluding hydrogens is 236 g/mol. The fourth-order valence-electron chi connectivity index (χ4n) is 2.79. The van der Waals surface area contributed by atoms with E-state index in [0.29, 0.717) is 6.42 Å². The van der Waals surface area contributed by atoms with E-state index in [0.717, 1.165) is 37.9 Å². The maximum atomic E-state index is 12.4. The van der Waals surface area contributed by atoms with Crippen LogP contribution in [-0.4, -0.2) is 18.5 Å². The van der Waals surface area contributed by atoms with Gasteiger partial charge in [-0.15, -0.1) is 0 Å². The number of fused-ring (bicyclic) bond motifs is 1. The zero-order valence-electron chi connectivity index (χ0n) is 12.0. The number of nitrogens with two attached hydrogens (primary N) is 1. The highest BCUT2D eigenvalue weighted by Crippen LogP contribution is 2.28. The SMILES string of the molecule is CCCC(N)CC(=O)N1CCCc2cc(C)ccc21. The second kappa shape index (κ2) is 6.20. The molecule has 3 nitrogen and oxygen atoms in total. The van der Waals surface area contributed by atoms with Crippen molar-refractivity contribution in [2.45, 2.75) is 52.0 Å². The monoisotopic (exact) mass is 260 g/mol. The standard InChI is InChI=1S/C16H24N2O/c1-3-5-14(17)11-16(19)18-9-4-6-13-10-12(2)7-8-15(13)18/h7-8,10,14H,3-6,9,11,17H2,1-2H3. The van der Waals surface area contributed by atoms with E-state index in [9.17, 15) is 4.79 Å². The number of carbonyl (C=O) groups excluding carboxylic acids is 1. The van der Waals surface area contributed by atoms with Gasteiger partial charge in [0.1, 0.15) is 0 Å². The number of carbonyl (C=O) groups is 1. The van der Waals surface area contributed by atoms with Gasteiger partial charge >= 0.3 is 0 Å². The maximum Gasteiger partial charge on any atom is 0.228 e. The molecule has 3 heteroatoms. The summed E-state index contributed by atoms with van der Waals surface area (Å²) in [6, 6.07) is 6.35. The summed E-state index contributed by atoms with van der Waals surface area (Å²) >= 11 is 0. The van der Waals surface area contributed by atoms with Crippen LogP contribution in [0.1, 0.15) is 43.7 Å². The number of rotatable bonds is 4. The summed E-state index contributed by atoms with van der Waals surface area (Å²) in [5.74, 6) is 0.172. The molecule has 0 aliphatic carbocycles. The maximum absolute atomic E-state index is 12.4. The molecule has 0 bridgehead atoms. The number of aryl methyl sites for hydroxylation is 2. The van der Waals surface area contributed by atoms with Crippen molar-refractivity contribution in [3.05, 3.63) is 29.3 Å². The van der Waals surface area contributed by atoms with Crippen molar-refractivity contribution >= 4 is 11.6 Å². The molecule has 19 heavy (non-hydrogen) atoms. The molecule has 1 aromatic carbocycles. The molecule has 2 N–H and O–H groups in total. The molecule has 0 aromatic heterocycles. The molecule has 0 saturated carbocycles. The van der Waals surface area contributed by atoms with Gasteiger partial charge in [-0.1, -0.05) is 31.0 Å². The molecule has 1 amide bonds. The van der Waals surface area contributed by atoms with Crippen LogP contribution in [0.5, 0.6) is 0 Å². The number of benzene rings is 1. The van der Waals surface area contributed by atoms with Gasteiger partial charge in [0.25, 0.3) is 0 Å². The van der Waals surface area contributed by atoms with Gasteiger partial charge in [-0.05, 0) is 37.8 Å². The third-order valence-electron chi connectivity index (χ3n) is 3.75. The van der Waals surface area contributed by atoms with Crippen LogP contribution in [0.25, 0.3) is 0 Å². The summed E-state index contributed by atoms with van der Waals surface area (Å²) < 4.78 is 0. The number of anilines is 1. The zero-order valence-corrected chi connectivity index (χ0v) is 12.0. The molecule has 1 heterocycles. The van der Waals surface area contributed by atoms with Crippen LogP contribution in [0.15, 0.2) is 18.2 Å². The van der Waals surface area contributed by atoms with Crippen LogP contribution < -0.4 is 10.6 Å². The minimum Gasteiger partial charge on any atom is -0.327 e. The first kappa shape index (κ1) is 14.1. The van der Waals surface area contributed by atoms with E-state index in [1.54, 1.807) is 0 Å². The van der Waals surface area contributed by atoms with E-state index in [4.69, 9.17) is 5.73 Å². The lowest BCUT2D eigenvalue weighted by Crippen LogP contribution is -2.39. The molecule has 1 aliphatic heterocycles. The Bertz CT molecular complexity index is 456. The van der Waals surface area contributed by atoms with Gasteiger partial charge in [-0.3, -0.25) is 4.79 Å². The van der Waals surface area contributed by atoms with E-state index in [1.165, 1.54) is 11.1 Å². The first-order valence-corrected chi connectivity index (χ1v) is 7.27. The van der Waals surface area contributed by atoms with Gasteiger partial charge in [0.15, 0.2) is 0 Å². The van der Waals surface area contributed by atoms with E-state index >= 15 is 0 Å². The van der Waals surface area contributed by atoms with E-state index in [-0.39, 0.29) is 11.9 Å². The van der Waals surface area contributed by atoms with E-state index in [1.807, 2.05) is 4.90 Å². The highest BCUT2D eigenvalue weighted by atomic mass is 16.2. The molecule has 1 aromatic rings. The van der Waals surface area contributed by atoms with Crippen molar-refractivity contribution in [1.29, 1.82) is 0 Å². The quantitative estimate of drug-likeness (QED) is 0.905. The van der Waals surface area contributed by atoms with Crippen LogP contribution in [0.4, 0.5) is 5.69 Å². The highest BCUT2D eigenvalue weighted by Gasteiger charge is 2.23. The fraction of sp³-hybridized carbons (Fsp3) is 0.562. The minimum atomic E-state index is -0.00618. The third-order valence-corrected chi connectivity index (χ3v) is 3.75. The van der Waals surface area contributed by atoms with Gasteiger partial charge in [0.05, 0.1) is 0 Å². The Balaban J connectivity index is 2.12. The smallest absolute Gasteiger partial charge is 0.228 e. The summed E-state index contributed by atoms with van der Waals surface area (Å²) in [5.41, 5.74) is 9.63. The molecule has 104 valence electrons. The van der Waals surface area contributed by atoms with Gasteiger partial charge in [-0.2, -0.15) is 0 Å². The molecule has 0 fully saturated rings. The van der Waals surface area contributed by atoms with Gasteiger partial charge in [-0.25, -0.2) is 0 Å². The summed E-state index contributed by atoms with van der Waals surface area (Å²) in [4.78, 5) is 14.3. The van der Waals surface area contributed by atoms with Crippen LogP contribution >= 0.6 is 0 Å². The minimum absolute atomic E-state index is 0.00618. The Morgan fingerprint density at radius 2 is 2.26 bits per heavy atom. The van der Waals surface area contributed by atoms with Crippen molar-refractivity contribution in [2.24, 2.45) is 5.73 Å². The summed E-state index contributed by atoms with van der Waals surface area (Å²) in [6.07, 6.45) is 4.53. The molecule has 0 saturated heterocycles. The predicted octanol–water partition coefficient (Wildman–Crippen LogP) is 2.79. The normalized spacial score (nSPS) is 16.1. The number of nitrogens with zero attached hydrogens (tertiary/aromatic N) is 1. The lowest BCUT2D eigenvalue weighted by atomic mass is 9.98. The number of hydrogen-bond acceptors (Lipinski definition) is 2. The zero-order chi connectivity index (χ0) is 13.8. The second-order valence-corrected chi connectivity index (χ2v) is 5.53. The van der Waals surface area contributed by atoms with Crippen molar-refractivity contribution < 1.29 is 4.79 Å². The summed E-state index contributed by atoms with van der Waals surface area (Å²) in [7, 11) is 0. The molecule has 0 spiro atoms. The average Bonchev–Trinajstić information content (AvgIpc) is 2.37. The Labute approximate surface area is 115 Å². The van der Waals surface area contributed by atoms with Crippen LogP contribution in [0.3, 0.4) is 0 Å². The van der Waals surface area contributed by atoms with Crippen molar-refractivity contribution in [2.75, 3.05) is 11.4 Å². The van der Waals surface area contributed by atoms with Crippen molar-refractivity contribution in [1.82, 2.24) is 0 Å². The fourth-order valence-corrected chi connectivity index (χ4v) is 2.79. The number of hydrogen-bond donors (Lipinski definition) is 1. The number of amides is 1. The first-order chi connectivity index (χ1) is 9.11. The Morgan fingerprint density at radius 3 is 3.00 bits per heavy atom. The van der Waals surface area contributed by atoms with E-state index < -0.39 is 0 Å². The van der Waals surface area contributed by atoms with Crippen LogP contribution in [0, 0.1) is 6.92 Å². The Morgan fingerprint density at radius 1 is 1.47 bits per heavy atom. The molecule has 0 radical (unpaired) electrons. The molecule has 2 rings (SSSR count). The third kappa shape index (κ3) is 3.35. The molecule has 1 aliphatic rings. The lowest BCUT2D eigenvalue weighted by Gasteiger charge is -2.30. The predicted molar refractivity (Wildman–Crippen MR) is 79.4 cm³/mol. The lowest BCUT2D eigenvalue weighted by molar-refractivity contribution is -0.119. The topological polar surface area (TPSA) is 46.3 Å². The summed E-state index contributed by atoms with van der Waals surface area (Å²) in [5, 5.41) is 0. The van der Waals surface area contributed by atoms with Gasteiger partial charge in [0.2, 0.25) is 5.91 Å². The van der Waals surface area contributed by atoms with Crippen LogP contribution in [0.2, 0.25) is 0 Å². The van der Waals surface area contributed by atoms with E-state index in [2.05, 4.69) is 32.0 Å². The Hall–Kier alpha value is -1.35. The molecular formula is C16H24N2O. The Kier molecular flexibility index (Phi) is 4.59. The average molecular weight is 260 g/mol. The molecule has 1 unspecified atom stereocenters. The van der Waals surface area contributed by atoms with Crippen molar-refractivity contribution in [3.8, 4) is 0 Å². The van der Waals surface area contributed by atoms with Crippen molar-refractivity contribution in [3.63, 3.8) is 0 Å². The second-order valence-electron chi connectivity index (χ2n) is 5.53. The summed E-state index contributed by atoms with van der Waals surface area (Å²) in [6.45, 7) is 5.02. The van der Waals surface area contributed by atoms with Crippen LogP contribution in [-0.2, 0) is 11.2 Å². The van der Waals surface area contributed by atoms with Gasteiger partial charge in [0, 0.05) is 24.7 Å². The first-order valence-electron chi connectivity index (χ1n) is 7.27.